The van der Waals surface area contributed by atoms with Gasteiger partial charge in [-0.15, -0.1) is 5.10 Å². The molecule has 7 nitrogen and oxygen atoms in total. The minimum Gasteiger partial charge on any atom is -0.369 e. The van der Waals surface area contributed by atoms with Crippen molar-refractivity contribution in [3.05, 3.63) is 66.4 Å². The minimum absolute atomic E-state index is 0.121. The van der Waals surface area contributed by atoms with Crippen LogP contribution in [0.4, 0.5) is 0 Å². The van der Waals surface area contributed by atoms with Gasteiger partial charge < -0.3 is 11.5 Å². The SMILES string of the molecule is NC(N)=N/N=C(/c1cn(S(=O)(=O)c2ccccc2)c2ccccc12)C1CCCCC1. The Bertz CT molecular complexity index is 1200. The maximum Gasteiger partial charge on any atom is 0.268 e. The van der Waals surface area contributed by atoms with Crippen LogP contribution in [-0.2, 0) is 10.0 Å². The molecule has 2 aromatic carbocycles. The highest BCUT2D eigenvalue weighted by Crippen LogP contribution is 2.33. The number of guanidine groups is 1. The Balaban J connectivity index is 1.93. The van der Waals surface area contributed by atoms with Crippen molar-refractivity contribution in [1.29, 1.82) is 0 Å². The molecule has 0 radical (unpaired) electrons. The molecule has 1 aliphatic rings. The molecule has 0 amide bonds. The van der Waals surface area contributed by atoms with Gasteiger partial charge in [0.25, 0.3) is 10.0 Å². The van der Waals surface area contributed by atoms with Crippen LogP contribution in [0.3, 0.4) is 0 Å². The van der Waals surface area contributed by atoms with E-state index in [2.05, 4.69) is 10.2 Å². The molecule has 1 heterocycles. The molecule has 0 spiro atoms. The van der Waals surface area contributed by atoms with Crippen LogP contribution in [0.1, 0.15) is 37.7 Å². The molecule has 1 aliphatic carbocycles. The van der Waals surface area contributed by atoms with Crippen molar-refractivity contribution < 1.29 is 8.42 Å². The molecule has 156 valence electrons. The molecule has 1 aromatic heterocycles. The van der Waals surface area contributed by atoms with Gasteiger partial charge in [-0.05, 0) is 31.0 Å². The van der Waals surface area contributed by atoms with E-state index in [1.165, 1.54) is 10.4 Å². The predicted molar refractivity (Wildman–Crippen MR) is 120 cm³/mol. The van der Waals surface area contributed by atoms with Crippen molar-refractivity contribution in [2.75, 3.05) is 0 Å². The summed E-state index contributed by atoms with van der Waals surface area (Å²) in [6.07, 6.45) is 7.01. The van der Waals surface area contributed by atoms with Crippen molar-refractivity contribution in [1.82, 2.24) is 3.97 Å². The van der Waals surface area contributed by atoms with Gasteiger partial charge in [-0.2, -0.15) is 5.10 Å². The standard InChI is InChI=1S/C22H25N5O2S/c23-22(24)26-25-21(16-9-3-1-4-10-16)19-15-27(20-14-8-7-13-18(19)20)30(28,29)17-11-5-2-6-12-17/h2,5-8,11-16H,1,3-4,9-10H2,(H4,23,24,26)/b25-21+. The van der Waals surface area contributed by atoms with Crippen LogP contribution in [0, 0.1) is 5.92 Å². The molecule has 0 saturated heterocycles. The Morgan fingerprint density at radius 1 is 0.900 bits per heavy atom. The Kier molecular flexibility index (Phi) is 5.59. The van der Waals surface area contributed by atoms with Crippen LogP contribution in [0.5, 0.6) is 0 Å². The number of fused-ring (bicyclic) bond motifs is 1. The molecule has 4 N–H and O–H groups in total. The predicted octanol–water partition coefficient (Wildman–Crippen LogP) is 3.44. The van der Waals surface area contributed by atoms with Crippen LogP contribution < -0.4 is 11.5 Å². The highest BCUT2D eigenvalue weighted by Gasteiger charge is 2.27. The Labute approximate surface area is 176 Å². The van der Waals surface area contributed by atoms with E-state index in [1.54, 1.807) is 42.6 Å². The first-order chi connectivity index (χ1) is 14.5. The molecule has 3 aromatic rings. The van der Waals surface area contributed by atoms with Crippen molar-refractivity contribution in [2.45, 2.75) is 37.0 Å². The molecule has 4 rings (SSSR count). The molecule has 0 bridgehead atoms. The Morgan fingerprint density at radius 3 is 2.27 bits per heavy atom. The van der Waals surface area contributed by atoms with Gasteiger partial charge in [0.05, 0.1) is 16.1 Å². The third kappa shape index (κ3) is 3.82. The smallest absolute Gasteiger partial charge is 0.268 e. The number of aromatic nitrogens is 1. The molecule has 8 heteroatoms. The van der Waals surface area contributed by atoms with Crippen LogP contribution in [0.15, 0.2) is 75.9 Å². The van der Waals surface area contributed by atoms with Crippen LogP contribution >= 0.6 is 0 Å². The van der Waals surface area contributed by atoms with Gasteiger partial charge in [-0.25, -0.2) is 12.4 Å². The lowest BCUT2D eigenvalue weighted by atomic mass is 9.83. The number of nitrogens with two attached hydrogens (primary N) is 2. The third-order valence-corrected chi connectivity index (χ3v) is 7.21. The van der Waals surface area contributed by atoms with Crippen LogP contribution in [0.2, 0.25) is 0 Å². The summed E-state index contributed by atoms with van der Waals surface area (Å²) in [5.74, 6) is 0.0597. The first-order valence-electron chi connectivity index (χ1n) is 10.1. The van der Waals surface area contributed by atoms with E-state index < -0.39 is 10.0 Å². The summed E-state index contributed by atoms with van der Waals surface area (Å²) in [5.41, 5.74) is 13.2. The molecule has 30 heavy (non-hydrogen) atoms. The summed E-state index contributed by atoms with van der Waals surface area (Å²) in [5, 5.41) is 9.11. The summed E-state index contributed by atoms with van der Waals surface area (Å²) < 4.78 is 28.1. The van der Waals surface area contributed by atoms with E-state index in [0.717, 1.165) is 42.3 Å². The second-order valence-corrected chi connectivity index (χ2v) is 9.33. The summed E-state index contributed by atoms with van der Waals surface area (Å²) in [6, 6.07) is 15.9. The fraction of sp³-hybridized carbons (Fsp3) is 0.273. The van der Waals surface area contributed by atoms with Crippen molar-refractivity contribution >= 4 is 32.6 Å². The second-order valence-electron chi connectivity index (χ2n) is 7.52. The second kappa shape index (κ2) is 8.31. The maximum atomic E-state index is 13.4. The fourth-order valence-corrected chi connectivity index (χ4v) is 5.49. The van der Waals surface area contributed by atoms with E-state index in [0.29, 0.717) is 5.52 Å². The maximum absolute atomic E-state index is 13.4. The summed E-state index contributed by atoms with van der Waals surface area (Å²) in [4.78, 5) is 0.234. The number of hydrogen-bond donors (Lipinski definition) is 2. The first-order valence-corrected chi connectivity index (χ1v) is 11.5. The zero-order valence-corrected chi connectivity index (χ0v) is 17.4. The average Bonchev–Trinajstić information content (AvgIpc) is 3.16. The van der Waals surface area contributed by atoms with Gasteiger partial charge in [0.15, 0.2) is 0 Å². The minimum atomic E-state index is -3.76. The number of hydrogen-bond acceptors (Lipinski definition) is 4. The monoisotopic (exact) mass is 423 g/mol. The van der Waals surface area contributed by atoms with Crippen LogP contribution in [-0.4, -0.2) is 24.1 Å². The number of benzene rings is 2. The van der Waals surface area contributed by atoms with E-state index in [1.807, 2.05) is 18.2 Å². The number of para-hydroxylation sites is 1. The molecule has 0 atom stereocenters. The molecular weight excluding hydrogens is 398 g/mol. The van der Waals surface area contributed by atoms with Crippen molar-refractivity contribution in [3.63, 3.8) is 0 Å². The topological polar surface area (TPSA) is 116 Å². The highest BCUT2D eigenvalue weighted by molar-refractivity contribution is 7.90. The molecule has 1 saturated carbocycles. The lowest BCUT2D eigenvalue weighted by Gasteiger charge is -2.22. The average molecular weight is 424 g/mol. The van der Waals surface area contributed by atoms with E-state index in [-0.39, 0.29) is 16.8 Å². The lowest BCUT2D eigenvalue weighted by Crippen LogP contribution is -2.23. The van der Waals surface area contributed by atoms with Crippen LogP contribution in [0.25, 0.3) is 10.9 Å². The summed E-state index contributed by atoms with van der Waals surface area (Å²) >= 11 is 0. The third-order valence-electron chi connectivity index (χ3n) is 5.52. The normalized spacial score (nSPS) is 15.9. The van der Waals surface area contributed by atoms with Gasteiger partial charge in [0.1, 0.15) is 0 Å². The molecular formula is C22H25N5O2S. The van der Waals surface area contributed by atoms with Gasteiger partial charge in [-0.1, -0.05) is 55.7 Å². The van der Waals surface area contributed by atoms with E-state index in [9.17, 15) is 8.42 Å². The van der Waals surface area contributed by atoms with Gasteiger partial charge in [0.2, 0.25) is 5.96 Å². The molecule has 1 fully saturated rings. The van der Waals surface area contributed by atoms with Gasteiger partial charge in [0, 0.05) is 23.1 Å². The van der Waals surface area contributed by atoms with Gasteiger partial charge >= 0.3 is 0 Å². The lowest BCUT2D eigenvalue weighted by molar-refractivity contribution is 0.439. The summed E-state index contributed by atoms with van der Waals surface area (Å²) in [6.45, 7) is 0. The zero-order valence-electron chi connectivity index (χ0n) is 16.6. The summed E-state index contributed by atoms with van der Waals surface area (Å²) in [7, 11) is -3.76. The fourth-order valence-electron chi connectivity index (χ4n) is 4.10. The molecule has 0 aliphatic heterocycles. The first kappa shape index (κ1) is 20.2. The largest absolute Gasteiger partial charge is 0.369 e. The highest BCUT2D eigenvalue weighted by atomic mass is 32.2. The van der Waals surface area contributed by atoms with Crippen molar-refractivity contribution in [3.8, 4) is 0 Å². The Hall–Kier alpha value is -3.13. The molecule has 0 unspecified atom stereocenters. The quantitative estimate of drug-likeness (QED) is 0.371. The Morgan fingerprint density at radius 2 is 1.57 bits per heavy atom. The number of rotatable bonds is 5. The zero-order chi connectivity index (χ0) is 21.1. The number of nitrogens with zero attached hydrogens (tertiary/aromatic N) is 3. The van der Waals surface area contributed by atoms with E-state index >= 15 is 0 Å². The van der Waals surface area contributed by atoms with Crippen molar-refractivity contribution in [2.24, 2.45) is 27.6 Å². The van der Waals surface area contributed by atoms with Gasteiger partial charge in [-0.3, -0.25) is 0 Å². The van der Waals surface area contributed by atoms with E-state index in [4.69, 9.17) is 11.5 Å².